The molecular weight excluding hydrogens is 848 g/mol. The lowest BCUT2D eigenvalue weighted by molar-refractivity contribution is -0.136. The van der Waals surface area contributed by atoms with Crippen LogP contribution in [-0.4, -0.2) is 134 Å². The molecule has 0 bridgehead atoms. The summed E-state index contributed by atoms with van der Waals surface area (Å²) in [6.07, 6.45) is 2.55. The molecule has 3 aliphatic rings. The fourth-order valence-electron chi connectivity index (χ4n) is 7.47. The summed E-state index contributed by atoms with van der Waals surface area (Å²) in [5, 5.41) is 5.10. The van der Waals surface area contributed by atoms with Crippen LogP contribution in [0.3, 0.4) is 0 Å². The van der Waals surface area contributed by atoms with Gasteiger partial charge in [-0.2, -0.15) is 0 Å². The van der Waals surface area contributed by atoms with E-state index in [0.29, 0.717) is 37.4 Å². The molecule has 6 amide bonds. The lowest BCUT2D eigenvalue weighted by Crippen LogP contribution is -2.54. The van der Waals surface area contributed by atoms with Crippen molar-refractivity contribution in [2.45, 2.75) is 25.3 Å². The molecule has 17 nitrogen and oxygen atoms in total. The standard InChI is InChI=1S/C43H42ClF2N7O10/c1-2-34(56)51-13-15-52(16-14-51)40-26-23-27(44)36(38(46)39(26)48-24-49-40)37-28(45)6-4-8-31(37)63-22-21-61-20-19-60-17-11-32(54)47-12-18-62-30-7-3-5-25-35(30)43(59)53(42(25)58)29-9-10-33(55)50-41(29)57/h2-8,23-24,29H,1,9-22H2,(H,47,54)(H,50,55,57). The van der Waals surface area contributed by atoms with E-state index in [0.717, 1.165) is 4.90 Å². The fraction of sp³-hybridized carbons (Fsp3) is 0.349. The van der Waals surface area contributed by atoms with Gasteiger partial charge in [0.05, 0.1) is 54.7 Å². The first-order chi connectivity index (χ1) is 30.5. The molecule has 0 aliphatic carbocycles. The van der Waals surface area contributed by atoms with Crippen LogP contribution in [0, 0.1) is 11.6 Å². The number of hydrogen-bond donors (Lipinski definition) is 2. The Morgan fingerprint density at radius 2 is 1.57 bits per heavy atom. The molecule has 0 spiro atoms. The van der Waals surface area contributed by atoms with Crippen LogP contribution in [0.4, 0.5) is 14.6 Å². The third kappa shape index (κ3) is 9.74. The maximum Gasteiger partial charge on any atom is 0.266 e. The number of carbonyl (C=O) groups is 6. The van der Waals surface area contributed by atoms with Gasteiger partial charge in [-0.05, 0) is 42.8 Å². The molecule has 4 heterocycles. The first-order valence-corrected chi connectivity index (χ1v) is 20.5. The second-order valence-electron chi connectivity index (χ2n) is 14.4. The number of carbonyl (C=O) groups excluding carboxylic acids is 6. The predicted molar refractivity (Wildman–Crippen MR) is 222 cm³/mol. The number of piperidine rings is 1. The van der Waals surface area contributed by atoms with Gasteiger partial charge in [0, 0.05) is 50.0 Å². The molecule has 2 N–H and O–H groups in total. The molecule has 20 heteroatoms. The summed E-state index contributed by atoms with van der Waals surface area (Å²) in [6.45, 7) is 5.80. The molecule has 0 radical (unpaired) electrons. The van der Waals surface area contributed by atoms with E-state index in [1.807, 2.05) is 4.90 Å². The highest BCUT2D eigenvalue weighted by Gasteiger charge is 2.46. The van der Waals surface area contributed by atoms with Gasteiger partial charge in [0.15, 0.2) is 5.82 Å². The molecule has 4 aromatic rings. The number of ether oxygens (including phenoxy) is 4. The van der Waals surface area contributed by atoms with Crippen molar-refractivity contribution in [2.75, 3.05) is 77.3 Å². The Morgan fingerprint density at radius 1 is 0.873 bits per heavy atom. The second kappa shape index (κ2) is 20.1. The van der Waals surface area contributed by atoms with Crippen LogP contribution >= 0.6 is 11.6 Å². The molecule has 3 aliphatic heterocycles. The molecule has 3 aromatic carbocycles. The van der Waals surface area contributed by atoms with Gasteiger partial charge < -0.3 is 34.1 Å². The number of halogens is 3. The van der Waals surface area contributed by atoms with Crippen LogP contribution < -0.4 is 25.0 Å². The minimum atomic E-state index is -1.10. The van der Waals surface area contributed by atoms with Crippen molar-refractivity contribution >= 4 is 63.8 Å². The number of benzene rings is 3. The Hall–Kier alpha value is -6.57. The number of nitrogens with zero attached hydrogens (tertiary/aromatic N) is 5. The largest absolute Gasteiger partial charge is 0.491 e. The number of imide groups is 2. The maximum absolute atomic E-state index is 16.3. The van der Waals surface area contributed by atoms with Crippen LogP contribution in [0.25, 0.3) is 22.0 Å². The first kappa shape index (κ1) is 44.5. The lowest BCUT2D eigenvalue weighted by atomic mass is 10.0. The minimum Gasteiger partial charge on any atom is -0.491 e. The monoisotopic (exact) mass is 889 g/mol. The maximum atomic E-state index is 16.3. The molecule has 2 fully saturated rings. The Kier molecular flexibility index (Phi) is 14.2. The van der Waals surface area contributed by atoms with Gasteiger partial charge in [0.25, 0.3) is 11.8 Å². The van der Waals surface area contributed by atoms with Gasteiger partial charge in [0.1, 0.15) is 54.2 Å². The van der Waals surface area contributed by atoms with E-state index in [9.17, 15) is 28.8 Å². The molecule has 0 saturated carbocycles. The topological polar surface area (TPSA) is 199 Å². The van der Waals surface area contributed by atoms with Crippen LogP contribution in [-0.2, 0) is 28.7 Å². The Labute approximate surface area is 364 Å². The minimum absolute atomic E-state index is 0.000952. The van der Waals surface area contributed by atoms with Gasteiger partial charge in [-0.25, -0.2) is 18.7 Å². The van der Waals surface area contributed by atoms with Crippen LogP contribution in [0.5, 0.6) is 11.5 Å². The Morgan fingerprint density at radius 3 is 2.32 bits per heavy atom. The summed E-state index contributed by atoms with van der Waals surface area (Å²) in [5.41, 5.74) is -0.361. The van der Waals surface area contributed by atoms with Gasteiger partial charge >= 0.3 is 0 Å². The molecule has 63 heavy (non-hydrogen) atoms. The number of aromatic nitrogens is 2. The number of nitrogens with one attached hydrogen (secondary N) is 2. The highest BCUT2D eigenvalue weighted by atomic mass is 35.5. The van der Waals surface area contributed by atoms with E-state index < -0.39 is 41.3 Å². The first-order valence-electron chi connectivity index (χ1n) is 20.1. The number of anilines is 1. The van der Waals surface area contributed by atoms with Crippen molar-refractivity contribution in [1.82, 2.24) is 30.4 Å². The van der Waals surface area contributed by atoms with E-state index in [1.54, 1.807) is 11.0 Å². The van der Waals surface area contributed by atoms with Gasteiger partial charge in [-0.3, -0.25) is 39.0 Å². The fourth-order valence-corrected chi connectivity index (χ4v) is 7.76. The van der Waals surface area contributed by atoms with Crippen molar-refractivity contribution in [2.24, 2.45) is 0 Å². The summed E-state index contributed by atoms with van der Waals surface area (Å²) in [4.78, 5) is 87.5. The van der Waals surface area contributed by atoms with Crippen molar-refractivity contribution < 1.29 is 56.5 Å². The molecule has 1 atom stereocenters. The molecule has 1 unspecified atom stereocenters. The predicted octanol–water partition coefficient (Wildman–Crippen LogP) is 3.46. The second-order valence-corrected chi connectivity index (χ2v) is 14.8. The average molecular weight is 890 g/mol. The van der Waals surface area contributed by atoms with E-state index in [2.05, 4.69) is 27.2 Å². The highest BCUT2D eigenvalue weighted by molar-refractivity contribution is 6.34. The molecule has 330 valence electrons. The van der Waals surface area contributed by atoms with Crippen LogP contribution in [0.2, 0.25) is 5.02 Å². The molecule has 2 saturated heterocycles. The third-order valence-corrected chi connectivity index (χ3v) is 10.8. The summed E-state index contributed by atoms with van der Waals surface area (Å²) in [5.74, 6) is -4.04. The Bertz CT molecular complexity index is 2470. The van der Waals surface area contributed by atoms with Crippen molar-refractivity contribution in [3.05, 3.63) is 89.2 Å². The van der Waals surface area contributed by atoms with E-state index in [4.69, 9.17) is 30.5 Å². The summed E-state index contributed by atoms with van der Waals surface area (Å²) >= 11 is 6.65. The van der Waals surface area contributed by atoms with Crippen molar-refractivity contribution in [3.63, 3.8) is 0 Å². The smallest absolute Gasteiger partial charge is 0.266 e. The zero-order chi connectivity index (χ0) is 44.6. The van der Waals surface area contributed by atoms with E-state index in [-0.39, 0.29) is 122 Å². The zero-order valence-electron chi connectivity index (χ0n) is 33.8. The van der Waals surface area contributed by atoms with Gasteiger partial charge in [-0.1, -0.05) is 30.3 Å². The third-order valence-electron chi connectivity index (χ3n) is 10.5. The quantitative estimate of drug-likeness (QED) is 0.0838. The normalized spacial score (nSPS) is 16.3. The van der Waals surface area contributed by atoms with E-state index in [1.165, 1.54) is 48.8 Å². The summed E-state index contributed by atoms with van der Waals surface area (Å²) in [6, 6.07) is 8.99. The SMILES string of the molecule is C=CC(=O)N1CCN(c2ncnc3c(F)c(-c4c(F)cccc4OCCOCCOCCC(=O)NCCOc4cccc5c4C(=O)N(C4CCC(=O)NC4=O)C5=O)c(Cl)cc23)CC1. The Balaban J connectivity index is 0.821. The number of rotatable bonds is 18. The van der Waals surface area contributed by atoms with Crippen molar-refractivity contribution in [1.29, 1.82) is 0 Å². The molecule has 7 rings (SSSR count). The lowest BCUT2D eigenvalue weighted by Gasteiger charge is -2.35. The summed E-state index contributed by atoms with van der Waals surface area (Å²) in [7, 11) is 0. The molecule has 1 aromatic heterocycles. The number of fused-ring (bicyclic) bond motifs is 2. The van der Waals surface area contributed by atoms with E-state index >= 15 is 8.78 Å². The highest BCUT2D eigenvalue weighted by Crippen LogP contribution is 2.42. The number of amides is 6. The molecular formula is C43H42ClF2N7O10. The zero-order valence-corrected chi connectivity index (χ0v) is 34.6. The van der Waals surface area contributed by atoms with Crippen LogP contribution in [0.1, 0.15) is 40.0 Å². The average Bonchev–Trinajstić information content (AvgIpc) is 3.53. The van der Waals surface area contributed by atoms with Gasteiger partial charge in [0.2, 0.25) is 23.6 Å². The summed E-state index contributed by atoms with van der Waals surface area (Å²) < 4.78 is 54.3. The number of hydrogen-bond acceptors (Lipinski definition) is 13. The number of piperazine rings is 1. The van der Waals surface area contributed by atoms with Gasteiger partial charge in [-0.15, -0.1) is 0 Å². The van der Waals surface area contributed by atoms with Crippen LogP contribution in [0.15, 0.2) is 61.4 Å². The van der Waals surface area contributed by atoms with Crippen molar-refractivity contribution in [3.8, 4) is 22.6 Å².